The van der Waals surface area contributed by atoms with E-state index in [9.17, 15) is 14.4 Å². The zero-order chi connectivity index (χ0) is 26.3. The van der Waals surface area contributed by atoms with E-state index in [2.05, 4.69) is 15.6 Å². The second-order valence-corrected chi connectivity index (χ2v) is 9.51. The highest BCUT2D eigenvalue weighted by Crippen LogP contribution is 2.39. The average molecular weight is 500 g/mol. The van der Waals surface area contributed by atoms with E-state index < -0.39 is 11.8 Å². The molecule has 9 nitrogen and oxygen atoms in total. The zero-order valence-electron chi connectivity index (χ0n) is 21.2. The Morgan fingerprint density at radius 2 is 1.78 bits per heavy atom. The Kier molecular flexibility index (Phi) is 6.41. The number of para-hydroxylation sites is 1. The number of likely N-dealkylation sites (N-methyl/N-ethyl adjacent to an activating group) is 1. The Hall–Kier alpha value is -4.21. The van der Waals surface area contributed by atoms with Crippen molar-refractivity contribution >= 4 is 56.4 Å². The third-order valence-electron chi connectivity index (χ3n) is 6.56. The van der Waals surface area contributed by atoms with Gasteiger partial charge in [0.15, 0.2) is 0 Å². The van der Waals surface area contributed by atoms with Crippen LogP contribution in [0.3, 0.4) is 0 Å². The molecule has 2 aromatic carbocycles. The molecule has 2 aromatic heterocycles. The number of amides is 3. The first-order valence-corrected chi connectivity index (χ1v) is 12.0. The number of aromatic nitrogens is 2. The number of imide groups is 1. The highest BCUT2D eigenvalue weighted by molar-refractivity contribution is 6.50. The van der Waals surface area contributed by atoms with Crippen LogP contribution in [-0.2, 0) is 25.7 Å². The monoisotopic (exact) mass is 499 g/mol. The van der Waals surface area contributed by atoms with E-state index in [0.717, 1.165) is 21.8 Å². The lowest BCUT2D eigenvalue weighted by molar-refractivity contribution is -0.123. The molecule has 0 saturated heterocycles. The molecule has 0 bridgehead atoms. The Morgan fingerprint density at radius 3 is 2.49 bits per heavy atom. The maximum atomic E-state index is 13.2. The minimum absolute atomic E-state index is 0.121. The smallest absolute Gasteiger partial charge is 0.259 e. The predicted molar refractivity (Wildman–Crippen MR) is 144 cm³/mol. The van der Waals surface area contributed by atoms with Gasteiger partial charge in [-0.1, -0.05) is 24.3 Å². The number of rotatable bonds is 8. The Morgan fingerprint density at radius 1 is 1.05 bits per heavy atom. The molecule has 3 amide bonds. The van der Waals surface area contributed by atoms with E-state index in [1.807, 2.05) is 66.2 Å². The molecule has 3 heterocycles. The highest BCUT2D eigenvalue weighted by atomic mass is 16.5. The van der Waals surface area contributed by atoms with Crippen LogP contribution in [0.25, 0.3) is 33.0 Å². The highest BCUT2D eigenvalue weighted by Gasteiger charge is 2.35. The van der Waals surface area contributed by atoms with Gasteiger partial charge in [0.05, 0.1) is 29.3 Å². The number of anilines is 1. The van der Waals surface area contributed by atoms with Gasteiger partial charge in [0.1, 0.15) is 0 Å². The Bertz CT molecular complexity index is 1580. The van der Waals surface area contributed by atoms with E-state index in [0.29, 0.717) is 41.1 Å². The summed E-state index contributed by atoms with van der Waals surface area (Å²) in [6, 6.07) is 13.2. The van der Waals surface area contributed by atoms with Crippen molar-refractivity contribution in [2.24, 2.45) is 0 Å². The number of hydrogen-bond donors (Lipinski definition) is 3. The maximum Gasteiger partial charge on any atom is 0.259 e. The van der Waals surface area contributed by atoms with Gasteiger partial charge in [-0.05, 0) is 32.3 Å². The molecule has 190 valence electrons. The predicted octanol–water partition coefficient (Wildman–Crippen LogP) is 3.22. The summed E-state index contributed by atoms with van der Waals surface area (Å²) in [4.78, 5) is 43.3. The molecule has 9 heteroatoms. The van der Waals surface area contributed by atoms with Crippen molar-refractivity contribution in [1.29, 1.82) is 0 Å². The summed E-state index contributed by atoms with van der Waals surface area (Å²) in [5.74, 6) is -1.04. The molecule has 1 aliphatic heterocycles. The van der Waals surface area contributed by atoms with Crippen molar-refractivity contribution in [1.82, 2.24) is 19.8 Å². The second kappa shape index (κ2) is 9.68. The van der Waals surface area contributed by atoms with E-state index in [-0.39, 0.29) is 12.0 Å². The quantitative estimate of drug-likeness (QED) is 0.323. The number of carbonyl (C=O) groups is 3. The number of aromatic amines is 1. The van der Waals surface area contributed by atoms with Crippen molar-refractivity contribution in [3.8, 4) is 0 Å². The summed E-state index contributed by atoms with van der Waals surface area (Å²) in [5, 5.41) is 6.98. The van der Waals surface area contributed by atoms with Crippen LogP contribution in [-0.4, -0.2) is 66.0 Å². The Labute approximate surface area is 214 Å². The number of carbonyl (C=O) groups excluding carboxylic acids is 3. The lowest BCUT2D eigenvalue weighted by Crippen LogP contribution is -2.31. The summed E-state index contributed by atoms with van der Waals surface area (Å²) < 4.78 is 7.75. The Balaban J connectivity index is 1.73. The normalized spacial score (nSPS) is 14.7. The zero-order valence-corrected chi connectivity index (χ0v) is 21.2. The summed E-state index contributed by atoms with van der Waals surface area (Å²) in [7, 11) is 5.63. The topological polar surface area (TPSA) is 108 Å². The van der Waals surface area contributed by atoms with Crippen LogP contribution in [0.15, 0.2) is 54.9 Å². The van der Waals surface area contributed by atoms with Crippen LogP contribution in [0, 0.1) is 0 Å². The fourth-order valence-corrected chi connectivity index (χ4v) is 5.00. The fraction of sp³-hybridized carbons (Fsp3) is 0.250. The number of nitrogens with zero attached hydrogens (tertiary/aromatic N) is 2. The molecule has 0 saturated carbocycles. The van der Waals surface area contributed by atoms with Gasteiger partial charge in [-0.15, -0.1) is 0 Å². The number of H-pyrrole nitrogens is 1. The van der Waals surface area contributed by atoms with Gasteiger partial charge in [0.2, 0.25) is 5.91 Å². The van der Waals surface area contributed by atoms with Crippen LogP contribution in [0.4, 0.5) is 5.69 Å². The largest absolute Gasteiger partial charge is 0.378 e. The molecule has 0 aliphatic carbocycles. The van der Waals surface area contributed by atoms with Crippen LogP contribution in [0.2, 0.25) is 0 Å². The fourth-order valence-electron chi connectivity index (χ4n) is 5.00. The molecule has 37 heavy (non-hydrogen) atoms. The van der Waals surface area contributed by atoms with Crippen LogP contribution in [0.5, 0.6) is 0 Å². The summed E-state index contributed by atoms with van der Waals surface area (Å²) >= 11 is 0. The third-order valence-corrected chi connectivity index (χ3v) is 6.56. The first-order chi connectivity index (χ1) is 17.8. The van der Waals surface area contributed by atoms with Crippen LogP contribution >= 0.6 is 0 Å². The molecule has 0 fully saturated rings. The van der Waals surface area contributed by atoms with Gasteiger partial charge in [0.25, 0.3) is 11.8 Å². The summed E-state index contributed by atoms with van der Waals surface area (Å²) in [5.41, 5.74) is 4.33. The van der Waals surface area contributed by atoms with Crippen molar-refractivity contribution in [2.45, 2.75) is 19.6 Å². The van der Waals surface area contributed by atoms with E-state index in [1.165, 1.54) is 6.92 Å². The van der Waals surface area contributed by atoms with Gasteiger partial charge in [-0.25, -0.2) is 0 Å². The molecule has 4 aromatic rings. The first-order valence-electron chi connectivity index (χ1n) is 12.0. The molecule has 1 unspecified atom stereocenters. The molecule has 5 rings (SSSR count). The molecular weight excluding hydrogens is 470 g/mol. The molecule has 0 spiro atoms. The third kappa shape index (κ3) is 4.54. The number of benzene rings is 2. The molecule has 0 radical (unpaired) electrons. The van der Waals surface area contributed by atoms with Gasteiger partial charge >= 0.3 is 0 Å². The second-order valence-electron chi connectivity index (χ2n) is 9.51. The van der Waals surface area contributed by atoms with Crippen molar-refractivity contribution in [2.75, 3.05) is 33.1 Å². The first kappa shape index (κ1) is 24.5. The minimum Gasteiger partial charge on any atom is -0.378 e. The van der Waals surface area contributed by atoms with Crippen molar-refractivity contribution in [3.05, 3.63) is 66.0 Å². The number of hydrogen-bond acceptors (Lipinski definition) is 5. The summed E-state index contributed by atoms with van der Waals surface area (Å²) in [6.07, 6.45) is 3.54. The van der Waals surface area contributed by atoms with Gasteiger partial charge < -0.3 is 24.5 Å². The number of ether oxygens (including phenoxy) is 1. The van der Waals surface area contributed by atoms with E-state index >= 15 is 0 Å². The SMILES string of the molecule is COC(CN(C)C)Cn1cc(C2=C(c3c[nH]c4ccccc34)C(=O)NC2=O)c2ccc(NC(C)=O)cc21. The van der Waals surface area contributed by atoms with E-state index in [4.69, 9.17) is 4.74 Å². The lowest BCUT2D eigenvalue weighted by Gasteiger charge is -2.20. The van der Waals surface area contributed by atoms with Gasteiger partial charge in [-0.3, -0.25) is 19.7 Å². The number of nitrogens with one attached hydrogen (secondary N) is 3. The molecule has 3 N–H and O–H groups in total. The van der Waals surface area contributed by atoms with E-state index in [1.54, 1.807) is 19.4 Å². The summed E-state index contributed by atoms with van der Waals surface area (Å²) in [6.45, 7) is 2.67. The standard InChI is InChI=1S/C28H29N5O4/c1-16(34)30-17-9-10-20-22(15-33(24(20)11-17)14-18(37-4)13-32(2)3)26-25(27(35)31-28(26)36)21-12-29-23-8-6-5-7-19(21)23/h5-12,15,18,29H,13-14H2,1-4H3,(H,30,34)(H,31,35,36). The maximum absolute atomic E-state index is 13.2. The number of fused-ring (bicyclic) bond motifs is 2. The number of methoxy groups -OCH3 is 1. The molecule has 1 atom stereocenters. The minimum atomic E-state index is -0.438. The van der Waals surface area contributed by atoms with Crippen molar-refractivity contribution < 1.29 is 19.1 Å². The molecule has 1 aliphatic rings. The van der Waals surface area contributed by atoms with Gasteiger partial charge in [-0.2, -0.15) is 0 Å². The van der Waals surface area contributed by atoms with Crippen molar-refractivity contribution in [3.63, 3.8) is 0 Å². The van der Waals surface area contributed by atoms with Crippen LogP contribution < -0.4 is 10.6 Å². The lowest BCUT2D eigenvalue weighted by atomic mass is 9.95. The van der Waals surface area contributed by atoms with Crippen LogP contribution in [0.1, 0.15) is 18.1 Å². The van der Waals surface area contributed by atoms with Gasteiger partial charge in [0, 0.05) is 66.1 Å². The molecular formula is C28H29N5O4. The average Bonchev–Trinajstić information content (AvgIpc) is 3.50.